The fourth-order valence-electron chi connectivity index (χ4n) is 2.85. The smallest absolute Gasteiger partial charge is 0.263 e. The van der Waals surface area contributed by atoms with Gasteiger partial charge in [-0.15, -0.1) is 22.7 Å². The Bertz CT molecular complexity index is 742. The highest BCUT2D eigenvalue weighted by atomic mass is 35.5. The van der Waals surface area contributed by atoms with Gasteiger partial charge in [-0.05, 0) is 31.9 Å². The number of carbonyl (C=O) groups excluding carboxylic acids is 1. The minimum Gasteiger partial charge on any atom is -0.348 e. The second-order valence-corrected chi connectivity index (χ2v) is 8.69. The molecule has 0 atom stereocenters. The predicted octanol–water partition coefficient (Wildman–Crippen LogP) is 4.29. The summed E-state index contributed by atoms with van der Waals surface area (Å²) in [5.41, 5.74) is 0.692. The molecule has 2 aromatic rings. The first kappa shape index (κ1) is 18.7. The van der Waals surface area contributed by atoms with Gasteiger partial charge < -0.3 is 5.32 Å². The topological polar surface area (TPSA) is 45.2 Å². The van der Waals surface area contributed by atoms with Gasteiger partial charge in [0.15, 0.2) is 0 Å². The molecule has 1 amide bonds. The Balaban J connectivity index is 1.60. The van der Waals surface area contributed by atoms with E-state index in [4.69, 9.17) is 11.6 Å². The molecule has 1 fully saturated rings. The summed E-state index contributed by atoms with van der Waals surface area (Å²) in [6.07, 6.45) is -0.942. The number of nitrogens with zero attached hydrogens (tertiary/aromatic N) is 2. The number of alkyl halides is 2. The van der Waals surface area contributed by atoms with E-state index >= 15 is 0 Å². The number of halogens is 3. The van der Waals surface area contributed by atoms with E-state index in [9.17, 15) is 13.6 Å². The quantitative estimate of drug-likeness (QED) is 0.806. The van der Waals surface area contributed by atoms with Crippen LogP contribution in [0.4, 0.5) is 8.78 Å². The third kappa shape index (κ3) is 4.75. The van der Waals surface area contributed by atoms with Crippen LogP contribution in [0.25, 0.3) is 9.88 Å². The molecule has 1 aliphatic rings. The van der Waals surface area contributed by atoms with Gasteiger partial charge in [-0.1, -0.05) is 11.6 Å². The molecule has 1 saturated heterocycles. The van der Waals surface area contributed by atoms with Crippen LogP contribution in [0.1, 0.15) is 28.2 Å². The summed E-state index contributed by atoms with van der Waals surface area (Å²) in [5, 5.41) is 3.80. The third-order valence-electron chi connectivity index (χ3n) is 4.11. The van der Waals surface area contributed by atoms with Crippen molar-refractivity contribution in [3.8, 4) is 9.88 Å². The zero-order valence-electron chi connectivity index (χ0n) is 13.6. The average Bonchev–Trinajstić information content (AvgIpc) is 3.14. The summed E-state index contributed by atoms with van der Waals surface area (Å²) in [4.78, 5) is 20.3. The number of aryl methyl sites for hydroxylation is 1. The van der Waals surface area contributed by atoms with Gasteiger partial charge in [-0.2, -0.15) is 0 Å². The maximum atomic E-state index is 12.5. The van der Waals surface area contributed by atoms with Gasteiger partial charge in [-0.25, -0.2) is 13.8 Å². The number of amides is 1. The molecule has 25 heavy (non-hydrogen) atoms. The van der Waals surface area contributed by atoms with Crippen LogP contribution >= 0.6 is 34.3 Å². The highest BCUT2D eigenvalue weighted by molar-refractivity contribution is 7.24. The number of thiazole rings is 1. The second-order valence-electron chi connectivity index (χ2n) is 5.98. The Labute approximate surface area is 157 Å². The minimum absolute atomic E-state index is 0.0163. The van der Waals surface area contributed by atoms with Crippen molar-refractivity contribution in [2.75, 3.05) is 19.6 Å². The molecule has 0 aliphatic carbocycles. The molecule has 4 nitrogen and oxygen atoms in total. The van der Waals surface area contributed by atoms with Gasteiger partial charge >= 0.3 is 0 Å². The summed E-state index contributed by atoms with van der Waals surface area (Å²) >= 11 is 8.74. The molecule has 0 radical (unpaired) electrons. The average molecular weight is 406 g/mol. The molecule has 0 saturated carbocycles. The highest BCUT2D eigenvalue weighted by Gasteiger charge is 2.24. The lowest BCUT2D eigenvalue weighted by Gasteiger charge is -2.31. The normalized spacial score (nSPS) is 16.5. The third-order valence-corrected chi connectivity index (χ3v) is 6.66. The van der Waals surface area contributed by atoms with Crippen molar-refractivity contribution in [2.45, 2.75) is 32.2 Å². The van der Waals surface area contributed by atoms with Crippen molar-refractivity contribution in [1.82, 2.24) is 15.2 Å². The molecule has 1 N–H and O–H groups in total. The second kappa shape index (κ2) is 8.07. The number of aromatic nitrogens is 1. The SMILES string of the molecule is Cc1nc(-c2ccc(Cl)s2)sc1C(=O)NC1CCN(CC(F)F)CC1. The van der Waals surface area contributed by atoms with Crippen LogP contribution in [0, 0.1) is 6.92 Å². The molecule has 1 aliphatic heterocycles. The van der Waals surface area contributed by atoms with Crippen molar-refractivity contribution in [3.05, 3.63) is 27.0 Å². The van der Waals surface area contributed by atoms with E-state index in [1.165, 1.54) is 22.7 Å². The van der Waals surface area contributed by atoms with E-state index < -0.39 is 6.43 Å². The Morgan fingerprint density at radius 1 is 1.40 bits per heavy atom. The molecule has 9 heteroatoms. The number of thiophene rings is 1. The Kier molecular flexibility index (Phi) is 6.04. The Morgan fingerprint density at radius 2 is 2.12 bits per heavy atom. The van der Waals surface area contributed by atoms with Crippen LogP contribution in [-0.2, 0) is 0 Å². The molecule has 0 aromatic carbocycles. The van der Waals surface area contributed by atoms with E-state index in [-0.39, 0.29) is 18.5 Å². The van der Waals surface area contributed by atoms with Crippen LogP contribution in [0.15, 0.2) is 12.1 Å². The number of carbonyl (C=O) groups is 1. The van der Waals surface area contributed by atoms with Crippen molar-refractivity contribution in [2.24, 2.45) is 0 Å². The van der Waals surface area contributed by atoms with Crippen molar-refractivity contribution >= 4 is 40.2 Å². The molecule has 0 bridgehead atoms. The van der Waals surface area contributed by atoms with E-state index in [0.29, 0.717) is 40.8 Å². The Hall–Kier alpha value is -1.09. The monoisotopic (exact) mass is 405 g/mol. The van der Waals surface area contributed by atoms with Crippen LogP contribution in [0.3, 0.4) is 0 Å². The summed E-state index contributed by atoms with van der Waals surface area (Å²) in [5.74, 6) is -0.142. The van der Waals surface area contributed by atoms with Crippen LogP contribution in [0.5, 0.6) is 0 Å². The first-order chi connectivity index (χ1) is 11.9. The minimum atomic E-state index is -2.31. The van der Waals surface area contributed by atoms with E-state index in [1.807, 2.05) is 19.1 Å². The van der Waals surface area contributed by atoms with Crippen molar-refractivity contribution in [1.29, 1.82) is 0 Å². The summed E-state index contributed by atoms with van der Waals surface area (Å²) < 4.78 is 25.5. The van der Waals surface area contributed by atoms with Gasteiger partial charge in [0.25, 0.3) is 12.3 Å². The Morgan fingerprint density at radius 3 is 2.72 bits per heavy atom. The lowest BCUT2D eigenvalue weighted by molar-refractivity contribution is 0.0697. The van der Waals surface area contributed by atoms with E-state index in [1.54, 1.807) is 4.90 Å². The van der Waals surface area contributed by atoms with Crippen molar-refractivity contribution in [3.63, 3.8) is 0 Å². The molecule has 3 heterocycles. The summed E-state index contributed by atoms with van der Waals surface area (Å²) in [6.45, 7) is 2.78. The number of rotatable bonds is 5. The predicted molar refractivity (Wildman–Crippen MR) is 98.1 cm³/mol. The zero-order chi connectivity index (χ0) is 18.0. The van der Waals surface area contributed by atoms with Crippen LogP contribution in [-0.4, -0.2) is 47.9 Å². The van der Waals surface area contributed by atoms with Gasteiger partial charge in [0.1, 0.15) is 9.88 Å². The standard InChI is InChI=1S/C16H18ClF2N3OS2/c1-9-14(25-16(20-9)11-2-3-12(17)24-11)15(23)21-10-4-6-22(7-5-10)8-13(18)19/h2-3,10,13H,4-8H2,1H3,(H,21,23). The number of piperidine rings is 1. The molecule has 0 spiro atoms. The molecular weight excluding hydrogens is 388 g/mol. The molecule has 3 rings (SSSR count). The lowest BCUT2D eigenvalue weighted by Crippen LogP contribution is -2.45. The summed E-state index contributed by atoms with van der Waals surface area (Å²) in [6, 6.07) is 3.72. The van der Waals surface area contributed by atoms with Gasteiger partial charge in [0.2, 0.25) is 0 Å². The first-order valence-corrected chi connectivity index (χ1v) is 9.98. The van der Waals surface area contributed by atoms with Gasteiger partial charge in [0, 0.05) is 19.1 Å². The fraction of sp³-hybridized carbons (Fsp3) is 0.500. The first-order valence-electron chi connectivity index (χ1n) is 7.97. The maximum Gasteiger partial charge on any atom is 0.263 e. The van der Waals surface area contributed by atoms with E-state index in [0.717, 1.165) is 9.88 Å². The lowest BCUT2D eigenvalue weighted by atomic mass is 10.0. The van der Waals surface area contributed by atoms with Crippen LogP contribution < -0.4 is 5.32 Å². The number of hydrogen-bond donors (Lipinski definition) is 1. The molecule has 2 aromatic heterocycles. The molecule has 136 valence electrons. The molecular formula is C16H18ClF2N3OS2. The maximum absolute atomic E-state index is 12.5. The summed E-state index contributed by atoms with van der Waals surface area (Å²) in [7, 11) is 0. The van der Waals surface area contributed by atoms with Gasteiger partial charge in [0.05, 0.1) is 21.5 Å². The molecule has 0 unspecified atom stereocenters. The van der Waals surface area contributed by atoms with E-state index in [2.05, 4.69) is 10.3 Å². The number of nitrogens with one attached hydrogen (secondary N) is 1. The fourth-order valence-corrected chi connectivity index (χ4v) is 4.91. The van der Waals surface area contributed by atoms with Crippen LogP contribution in [0.2, 0.25) is 4.34 Å². The van der Waals surface area contributed by atoms with Crippen molar-refractivity contribution < 1.29 is 13.6 Å². The number of likely N-dealkylation sites (tertiary alicyclic amines) is 1. The van der Waals surface area contributed by atoms with Gasteiger partial charge in [-0.3, -0.25) is 9.69 Å². The highest BCUT2D eigenvalue weighted by Crippen LogP contribution is 2.35. The number of hydrogen-bond acceptors (Lipinski definition) is 5. The zero-order valence-corrected chi connectivity index (χ0v) is 16.0. The largest absolute Gasteiger partial charge is 0.348 e.